The van der Waals surface area contributed by atoms with Gasteiger partial charge in [-0.1, -0.05) is 26.0 Å². The molecule has 1 aromatic carbocycles. The van der Waals surface area contributed by atoms with Crippen molar-refractivity contribution < 1.29 is 0 Å². The standard InChI is InChI=1S/C15H23N5/c1-11(2)14-10-19(16)7-8-20(14)15-9-17-12-5-3-4-6-13(12)18-15/h3-6,9,11,14-15,18H,7-8,10,16H2,1-2H3. The van der Waals surface area contributed by atoms with E-state index in [9.17, 15) is 0 Å². The second-order valence-corrected chi connectivity index (χ2v) is 5.93. The van der Waals surface area contributed by atoms with Crippen molar-refractivity contribution in [3.63, 3.8) is 0 Å². The minimum Gasteiger partial charge on any atom is -0.363 e. The van der Waals surface area contributed by atoms with E-state index in [0.717, 1.165) is 31.0 Å². The molecule has 0 saturated carbocycles. The number of anilines is 1. The summed E-state index contributed by atoms with van der Waals surface area (Å²) in [5, 5.41) is 5.51. The Labute approximate surface area is 120 Å². The van der Waals surface area contributed by atoms with E-state index in [-0.39, 0.29) is 6.17 Å². The first-order chi connectivity index (χ1) is 9.65. The number of fused-ring (bicyclic) bond motifs is 1. The number of nitrogens with one attached hydrogen (secondary N) is 1. The van der Waals surface area contributed by atoms with Gasteiger partial charge in [0.2, 0.25) is 0 Å². The van der Waals surface area contributed by atoms with Gasteiger partial charge in [-0.25, -0.2) is 5.01 Å². The topological polar surface area (TPSA) is 56.9 Å². The average molecular weight is 273 g/mol. The van der Waals surface area contributed by atoms with Crippen molar-refractivity contribution in [2.24, 2.45) is 16.8 Å². The van der Waals surface area contributed by atoms with E-state index >= 15 is 0 Å². The van der Waals surface area contributed by atoms with Gasteiger partial charge in [0.25, 0.3) is 0 Å². The first-order valence-electron chi connectivity index (χ1n) is 7.30. The van der Waals surface area contributed by atoms with Gasteiger partial charge in [0.05, 0.1) is 11.4 Å². The van der Waals surface area contributed by atoms with Crippen molar-refractivity contribution >= 4 is 17.6 Å². The molecule has 0 aromatic heterocycles. The summed E-state index contributed by atoms with van der Waals surface area (Å²) < 4.78 is 0. The molecule has 0 bridgehead atoms. The molecule has 2 unspecified atom stereocenters. The van der Waals surface area contributed by atoms with Gasteiger partial charge in [0.1, 0.15) is 6.17 Å². The van der Waals surface area contributed by atoms with Crippen LogP contribution < -0.4 is 11.2 Å². The third-order valence-electron chi connectivity index (χ3n) is 4.18. The van der Waals surface area contributed by atoms with Gasteiger partial charge in [-0.15, -0.1) is 0 Å². The van der Waals surface area contributed by atoms with Crippen LogP contribution in [0.25, 0.3) is 0 Å². The highest BCUT2D eigenvalue weighted by molar-refractivity contribution is 5.82. The molecule has 2 aliphatic rings. The lowest BCUT2D eigenvalue weighted by Crippen LogP contribution is -2.62. The average Bonchev–Trinajstić information content (AvgIpc) is 2.46. The molecule has 0 spiro atoms. The Hall–Kier alpha value is -1.43. The summed E-state index contributed by atoms with van der Waals surface area (Å²) in [7, 11) is 0. The summed E-state index contributed by atoms with van der Waals surface area (Å²) in [6.45, 7) is 7.28. The van der Waals surface area contributed by atoms with Crippen molar-refractivity contribution in [2.75, 3.05) is 25.0 Å². The van der Waals surface area contributed by atoms with Gasteiger partial charge in [-0.2, -0.15) is 0 Å². The maximum absolute atomic E-state index is 5.98. The molecular weight excluding hydrogens is 250 g/mol. The Kier molecular flexibility index (Phi) is 3.74. The zero-order valence-electron chi connectivity index (χ0n) is 12.2. The zero-order chi connectivity index (χ0) is 14.1. The predicted molar refractivity (Wildman–Crippen MR) is 83.1 cm³/mol. The predicted octanol–water partition coefficient (Wildman–Crippen LogP) is 1.66. The van der Waals surface area contributed by atoms with Crippen molar-refractivity contribution in [1.82, 2.24) is 9.91 Å². The van der Waals surface area contributed by atoms with Crippen LogP contribution in [-0.2, 0) is 0 Å². The minimum atomic E-state index is 0.158. The van der Waals surface area contributed by atoms with E-state index in [1.54, 1.807) is 0 Å². The zero-order valence-corrected chi connectivity index (χ0v) is 12.2. The SMILES string of the molecule is CC(C)C1CN(N)CCN1C1C=Nc2ccccc2N1. The van der Waals surface area contributed by atoms with E-state index in [1.165, 1.54) is 0 Å². The van der Waals surface area contributed by atoms with Crippen LogP contribution in [0.15, 0.2) is 29.3 Å². The fourth-order valence-electron chi connectivity index (χ4n) is 3.01. The molecule has 2 aliphatic heterocycles. The number of piperazine rings is 1. The molecule has 0 amide bonds. The molecule has 2 heterocycles. The van der Waals surface area contributed by atoms with Gasteiger partial charge in [0.15, 0.2) is 0 Å². The van der Waals surface area contributed by atoms with E-state index in [0.29, 0.717) is 12.0 Å². The molecule has 3 rings (SSSR count). The number of para-hydroxylation sites is 2. The fraction of sp³-hybridized carbons (Fsp3) is 0.533. The van der Waals surface area contributed by atoms with Gasteiger partial charge in [-0.3, -0.25) is 15.7 Å². The van der Waals surface area contributed by atoms with Crippen molar-refractivity contribution in [1.29, 1.82) is 0 Å². The molecule has 108 valence electrons. The van der Waals surface area contributed by atoms with Crippen LogP contribution in [0, 0.1) is 5.92 Å². The minimum absolute atomic E-state index is 0.158. The van der Waals surface area contributed by atoms with E-state index < -0.39 is 0 Å². The Morgan fingerprint density at radius 1 is 1.30 bits per heavy atom. The lowest BCUT2D eigenvalue weighted by Gasteiger charge is -2.45. The summed E-state index contributed by atoms with van der Waals surface area (Å²) in [5.41, 5.74) is 2.12. The third-order valence-corrected chi connectivity index (χ3v) is 4.18. The Balaban J connectivity index is 1.79. The number of nitrogens with zero attached hydrogens (tertiary/aromatic N) is 3. The normalized spacial score (nSPS) is 27.4. The molecule has 1 fully saturated rings. The second-order valence-electron chi connectivity index (χ2n) is 5.93. The monoisotopic (exact) mass is 273 g/mol. The second kappa shape index (κ2) is 5.52. The molecule has 5 heteroatoms. The van der Waals surface area contributed by atoms with Crippen LogP contribution in [0.4, 0.5) is 11.4 Å². The van der Waals surface area contributed by atoms with Gasteiger partial charge < -0.3 is 5.32 Å². The van der Waals surface area contributed by atoms with Crippen molar-refractivity contribution in [3.05, 3.63) is 24.3 Å². The quantitative estimate of drug-likeness (QED) is 0.805. The van der Waals surface area contributed by atoms with Crippen LogP contribution in [-0.4, -0.2) is 48.0 Å². The number of hydrazine groups is 1. The number of benzene rings is 1. The molecule has 5 nitrogen and oxygen atoms in total. The van der Waals surface area contributed by atoms with E-state index in [1.807, 2.05) is 29.4 Å². The maximum Gasteiger partial charge on any atom is 0.117 e. The number of nitrogens with two attached hydrogens (primary N) is 1. The molecule has 0 radical (unpaired) electrons. The molecule has 2 atom stereocenters. The summed E-state index contributed by atoms with van der Waals surface area (Å²) in [4.78, 5) is 7.07. The van der Waals surface area contributed by atoms with E-state index in [4.69, 9.17) is 5.84 Å². The summed E-state index contributed by atoms with van der Waals surface area (Å²) in [6, 6.07) is 8.63. The fourth-order valence-corrected chi connectivity index (χ4v) is 3.01. The van der Waals surface area contributed by atoms with Gasteiger partial charge in [-0.05, 0) is 18.1 Å². The summed E-state index contributed by atoms with van der Waals surface area (Å²) >= 11 is 0. The summed E-state index contributed by atoms with van der Waals surface area (Å²) in [5.74, 6) is 6.55. The lowest BCUT2D eigenvalue weighted by molar-refractivity contribution is 0.0433. The first-order valence-corrected chi connectivity index (χ1v) is 7.30. The van der Waals surface area contributed by atoms with Crippen LogP contribution >= 0.6 is 0 Å². The highest BCUT2D eigenvalue weighted by atomic mass is 15.5. The Bertz CT molecular complexity index is 499. The lowest BCUT2D eigenvalue weighted by atomic mass is 9.99. The van der Waals surface area contributed by atoms with Crippen LogP contribution in [0.2, 0.25) is 0 Å². The van der Waals surface area contributed by atoms with Crippen LogP contribution in [0.1, 0.15) is 13.8 Å². The van der Waals surface area contributed by atoms with Crippen molar-refractivity contribution in [3.8, 4) is 0 Å². The molecule has 1 saturated heterocycles. The third kappa shape index (κ3) is 2.57. The molecule has 1 aromatic rings. The highest BCUT2D eigenvalue weighted by Crippen LogP contribution is 2.29. The van der Waals surface area contributed by atoms with Gasteiger partial charge >= 0.3 is 0 Å². The molecular formula is C15H23N5. The van der Waals surface area contributed by atoms with Crippen LogP contribution in [0.5, 0.6) is 0 Å². The molecule has 20 heavy (non-hydrogen) atoms. The first kappa shape index (κ1) is 13.5. The number of hydrogen-bond donors (Lipinski definition) is 2. The van der Waals surface area contributed by atoms with Crippen molar-refractivity contribution in [2.45, 2.75) is 26.1 Å². The van der Waals surface area contributed by atoms with E-state index in [2.05, 4.69) is 35.1 Å². The number of rotatable bonds is 2. The van der Waals surface area contributed by atoms with Crippen LogP contribution in [0.3, 0.4) is 0 Å². The summed E-state index contributed by atoms with van der Waals surface area (Å²) in [6.07, 6.45) is 2.18. The highest BCUT2D eigenvalue weighted by Gasteiger charge is 2.33. The Morgan fingerprint density at radius 2 is 2.10 bits per heavy atom. The number of aliphatic imine (C=N–C) groups is 1. The maximum atomic E-state index is 5.98. The van der Waals surface area contributed by atoms with Gasteiger partial charge in [0, 0.05) is 31.9 Å². The largest absolute Gasteiger partial charge is 0.363 e. The smallest absolute Gasteiger partial charge is 0.117 e. The Morgan fingerprint density at radius 3 is 2.90 bits per heavy atom. The molecule has 0 aliphatic carbocycles. The number of hydrogen-bond acceptors (Lipinski definition) is 5. The molecule has 3 N–H and O–H groups in total.